The fourth-order valence-corrected chi connectivity index (χ4v) is 1.47. The third-order valence-corrected chi connectivity index (χ3v) is 2.35. The minimum Gasteiger partial charge on any atom is -1.00 e. The zero-order valence-corrected chi connectivity index (χ0v) is 9.17. The standard InChI is InChI=1S/C12H20N.FH/c1-3-5-6-9-13-10-7-8-12(4-2)11-13;/h7-8,10-11H,3-6,9H2,1-2H3;1H/q+1;/p-1. The molecule has 0 aliphatic heterocycles. The van der Waals surface area contributed by atoms with Crippen molar-refractivity contribution >= 4 is 0 Å². The summed E-state index contributed by atoms with van der Waals surface area (Å²) in [4.78, 5) is 0. The van der Waals surface area contributed by atoms with Crippen LogP contribution in [0.25, 0.3) is 0 Å². The molecule has 0 unspecified atom stereocenters. The van der Waals surface area contributed by atoms with Gasteiger partial charge in [-0.05, 0) is 18.9 Å². The van der Waals surface area contributed by atoms with Gasteiger partial charge in [0.25, 0.3) is 0 Å². The molecule has 1 nitrogen and oxygen atoms in total. The molecule has 0 aliphatic rings. The molecule has 80 valence electrons. The van der Waals surface area contributed by atoms with E-state index in [2.05, 4.69) is 42.9 Å². The lowest BCUT2D eigenvalue weighted by Gasteiger charge is -1.97. The molecule has 1 aromatic rings. The molecule has 0 aliphatic carbocycles. The van der Waals surface area contributed by atoms with Gasteiger partial charge in [0, 0.05) is 18.1 Å². The summed E-state index contributed by atoms with van der Waals surface area (Å²) in [6.45, 7) is 5.61. The second-order valence-corrected chi connectivity index (χ2v) is 3.51. The van der Waals surface area contributed by atoms with E-state index in [0.717, 1.165) is 6.42 Å². The third-order valence-electron chi connectivity index (χ3n) is 2.35. The lowest BCUT2D eigenvalue weighted by molar-refractivity contribution is -0.697. The van der Waals surface area contributed by atoms with Crippen LogP contribution in [-0.4, -0.2) is 0 Å². The van der Waals surface area contributed by atoms with Gasteiger partial charge in [0.15, 0.2) is 12.4 Å². The lowest BCUT2D eigenvalue weighted by atomic mass is 10.2. The predicted octanol–water partition coefficient (Wildman–Crippen LogP) is -0.269. The molecule has 14 heavy (non-hydrogen) atoms. The van der Waals surface area contributed by atoms with E-state index < -0.39 is 0 Å². The summed E-state index contributed by atoms with van der Waals surface area (Å²) in [7, 11) is 0. The van der Waals surface area contributed by atoms with Crippen LogP contribution in [0.15, 0.2) is 24.5 Å². The summed E-state index contributed by atoms with van der Waals surface area (Å²) in [6.07, 6.45) is 9.49. The third kappa shape index (κ3) is 4.35. The summed E-state index contributed by atoms with van der Waals surface area (Å²) < 4.78 is 2.30. The molecule has 0 atom stereocenters. The average molecular weight is 197 g/mol. The monoisotopic (exact) mass is 197 g/mol. The first-order valence-corrected chi connectivity index (χ1v) is 5.34. The van der Waals surface area contributed by atoms with E-state index in [4.69, 9.17) is 0 Å². The van der Waals surface area contributed by atoms with Crippen molar-refractivity contribution in [3.05, 3.63) is 30.1 Å². The Kier molecular flexibility index (Phi) is 6.99. The molecule has 0 N–H and O–H groups in total. The first kappa shape index (κ1) is 13.1. The Morgan fingerprint density at radius 2 is 2.00 bits per heavy atom. The molecule has 0 fully saturated rings. The molecule has 0 amide bonds. The second-order valence-electron chi connectivity index (χ2n) is 3.51. The second kappa shape index (κ2) is 7.48. The number of hydrogen-bond acceptors (Lipinski definition) is 0. The maximum atomic E-state index is 2.30. The zero-order valence-electron chi connectivity index (χ0n) is 9.17. The number of pyridine rings is 1. The molecular formula is C12H20FN. The highest BCUT2D eigenvalue weighted by atomic mass is 19.0. The highest BCUT2D eigenvalue weighted by Crippen LogP contribution is 1.97. The first-order chi connectivity index (χ1) is 6.36. The molecule has 1 rings (SSSR count). The van der Waals surface area contributed by atoms with Crippen LogP contribution in [0.3, 0.4) is 0 Å². The Morgan fingerprint density at radius 1 is 1.21 bits per heavy atom. The van der Waals surface area contributed by atoms with Crippen molar-refractivity contribution in [3.8, 4) is 0 Å². The van der Waals surface area contributed by atoms with E-state index >= 15 is 0 Å². The minimum absolute atomic E-state index is 0. The van der Waals surface area contributed by atoms with E-state index in [9.17, 15) is 0 Å². The van der Waals surface area contributed by atoms with Crippen molar-refractivity contribution in [2.24, 2.45) is 0 Å². The quantitative estimate of drug-likeness (QED) is 0.452. The minimum atomic E-state index is 0. The van der Waals surface area contributed by atoms with Gasteiger partial charge in [0.1, 0.15) is 6.54 Å². The van der Waals surface area contributed by atoms with Crippen molar-refractivity contribution < 1.29 is 9.27 Å². The van der Waals surface area contributed by atoms with Crippen LogP contribution >= 0.6 is 0 Å². The van der Waals surface area contributed by atoms with Crippen LogP contribution in [0.1, 0.15) is 38.7 Å². The van der Waals surface area contributed by atoms with Crippen molar-refractivity contribution in [2.45, 2.75) is 46.1 Å². The smallest absolute Gasteiger partial charge is 0.171 e. The molecule has 0 aromatic carbocycles. The van der Waals surface area contributed by atoms with Gasteiger partial charge in [-0.1, -0.05) is 20.3 Å². The van der Waals surface area contributed by atoms with Gasteiger partial charge in [-0.2, -0.15) is 0 Å². The summed E-state index contributed by atoms with van der Waals surface area (Å²) in [5, 5.41) is 0. The topological polar surface area (TPSA) is 3.88 Å². The number of rotatable bonds is 5. The van der Waals surface area contributed by atoms with Crippen molar-refractivity contribution in [1.29, 1.82) is 0 Å². The van der Waals surface area contributed by atoms with Crippen LogP contribution < -0.4 is 9.27 Å². The molecule has 1 aromatic heterocycles. The number of aromatic nitrogens is 1. The van der Waals surface area contributed by atoms with Crippen LogP contribution in [0, 0.1) is 0 Å². The summed E-state index contributed by atoms with van der Waals surface area (Å²) in [5.74, 6) is 0. The van der Waals surface area contributed by atoms with E-state index in [0.29, 0.717) is 0 Å². The van der Waals surface area contributed by atoms with Crippen LogP contribution in [0.5, 0.6) is 0 Å². The Hall–Kier alpha value is -0.920. The number of unbranched alkanes of at least 4 members (excludes halogenated alkanes) is 2. The largest absolute Gasteiger partial charge is 1.00 e. The molecule has 0 saturated carbocycles. The van der Waals surface area contributed by atoms with Crippen LogP contribution in [0.4, 0.5) is 0 Å². The Balaban J connectivity index is 0.00000169. The highest BCUT2D eigenvalue weighted by molar-refractivity contribution is 5.04. The molecule has 2 heteroatoms. The van der Waals surface area contributed by atoms with Gasteiger partial charge < -0.3 is 4.70 Å². The van der Waals surface area contributed by atoms with Crippen molar-refractivity contribution in [1.82, 2.24) is 0 Å². The van der Waals surface area contributed by atoms with Gasteiger partial charge >= 0.3 is 0 Å². The van der Waals surface area contributed by atoms with Crippen molar-refractivity contribution in [3.63, 3.8) is 0 Å². The Bertz CT molecular complexity index is 248. The summed E-state index contributed by atoms with van der Waals surface area (Å²) in [6, 6.07) is 4.33. The number of hydrogen-bond donors (Lipinski definition) is 0. The fraction of sp³-hybridized carbons (Fsp3) is 0.583. The summed E-state index contributed by atoms with van der Waals surface area (Å²) >= 11 is 0. The lowest BCUT2D eigenvalue weighted by Crippen LogP contribution is -3.00. The maximum absolute atomic E-state index is 2.30. The van der Waals surface area contributed by atoms with Gasteiger partial charge in [-0.25, -0.2) is 4.57 Å². The Labute approximate surface area is 86.1 Å². The number of nitrogens with zero attached hydrogens (tertiary/aromatic N) is 1. The van der Waals surface area contributed by atoms with E-state index in [-0.39, 0.29) is 4.70 Å². The molecule has 0 spiro atoms. The van der Waals surface area contributed by atoms with Crippen molar-refractivity contribution in [2.75, 3.05) is 0 Å². The van der Waals surface area contributed by atoms with Gasteiger partial charge in [0.05, 0.1) is 0 Å². The summed E-state index contributed by atoms with van der Waals surface area (Å²) in [5.41, 5.74) is 1.43. The normalized spacial score (nSPS) is 9.57. The first-order valence-electron chi connectivity index (χ1n) is 5.34. The van der Waals surface area contributed by atoms with Gasteiger partial charge in [-0.3, -0.25) is 0 Å². The predicted molar refractivity (Wildman–Crippen MR) is 55.5 cm³/mol. The SMILES string of the molecule is CCCCC[n+]1cccc(CC)c1.[F-]. The van der Waals surface area contributed by atoms with E-state index in [1.54, 1.807) is 0 Å². The maximum Gasteiger partial charge on any atom is 0.171 e. The fourth-order valence-electron chi connectivity index (χ4n) is 1.47. The Morgan fingerprint density at radius 3 is 2.64 bits per heavy atom. The van der Waals surface area contributed by atoms with Gasteiger partial charge in [0.2, 0.25) is 0 Å². The molecule has 0 radical (unpaired) electrons. The average Bonchev–Trinajstić information content (AvgIpc) is 2.19. The molecule has 1 heterocycles. The van der Waals surface area contributed by atoms with Crippen LogP contribution in [-0.2, 0) is 13.0 Å². The van der Waals surface area contributed by atoms with E-state index in [1.165, 1.54) is 31.4 Å². The number of halogens is 1. The number of aryl methyl sites for hydroxylation is 2. The van der Waals surface area contributed by atoms with E-state index in [1.807, 2.05) is 0 Å². The highest BCUT2D eigenvalue weighted by Gasteiger charge is 1.99. The molecule has 0 bridgehead atoms. The van der Waals surface area contributed by atoms with Crippen LogP contribution in [0.2, 0.25) is 0 Å². The zero-order chi connectivity index (χ0) is 9.52. The molecular weight excluding hydrogens is 177 g/mol. The van der Waals surface area contributed by atoms with Gasteiger partial charge in [-0.15, -0.1) is 0 Å². The molecule has 0 saturated heterocycles.